The number of ether oxygens (including phenoxy) is 2. The van der Waals surface area contributed by atoms with Crippen LogP contribution >= 0.6 is 0 Å². The van der Waals surface area contributed by atoms with Crippen LogP contribution in [0.25, 0.3) is 0 Å². The quantitative estimate of drug-likeness (QED) is 0.144. The number of fused-ring (bicyclic) bond motifs is 1. The van der Waals surface area contributed by atoms with Crippen molar-refractivity contribution < 1.29 is 63.7 Å². The fourth-order valence-corrected chi connectivity index (χ4v) is 5.67. The Morgan fingerprint density at radius 1 is 1.00 bits per heavy atom. The lowest BCUT2D eigenvalue weighted by atomic mass is 9.80. The second kappa shape index (κ2) is 15.3. The van der Waals surface area contributed by atoms with Crippen LogP contribution < -0.4 is 15.4 Å². The Hall–Kier alpha value is -5.12. The van der Waals surface area contributed by atoms with Gasteiger partial charge in [0.1, 0.15) is 18.1 Å². The van der Waals surface area contributed by atoms with E-state index in [1.54, 1.807) is 6.92 Å². The Labute approximate surface area is 302 Å². The van der Waals surface area contributed by atoms with Gasteiger partial charge in [0.2, 0.25) is 0 Å². The molecular formula is C35H34F9N5O5. The zero-order valence-electron chi connectivity index (χ0n) is 28.9. The maximum absolute atomic E-state index is 14.0. The maximum Gasteiger partial charge on any atom is 0.416 e. The van der Waals surface area contributed by atoms with Crippen LogP contribution in [0, 0.1) is 16.7 Å². The van der Waals surface area contributed by atoms with Gasteiger partial charge >= 0.3 is 30.6 Å². The summed E-state index contributed by atoms with van der Waals surface area (Å²) in [6.45, 7) is 3.36. The van der Waals surface area contributed by atoms with Gasteiger partial charge in [-0.3, -0.25) is 9.69 Å². The number of halogens is 9. The standard InChI is InChI=1S/C35H34F9N5O5/c1-4-32(46)16-24(23-15-20(33(36,37)38)7-8-26(23)49(32)30(52)54-18-31(2,3)29(50)51)28-47-17-27(53-10-6-5-9-45)25(48-28)13-19-11-21(34(39,40)41)14-22(12-19)35(42,43)44/h7-8,11-12,14-15,17,24H,4-6,10,13,16,18,46H2,1-3H3,(H,50,51)/t24-,32+/m0/s1. The molecule has 0 unspecified atom stereocenters. The fraction of sp³-hybridized carbons (Fsp3) is 0.457. The number of hydrogen-bond donors (Lipinski definition) is 2. The van der Waals surface area contributed by atoms with Gasteiger partial charge in [-0.25, -0.2) is 14.8 Å². The topological polar surface area (TPSA) is 152 Å². The number of nitrogens with zero attached hydrogens (tertiary/aromatic N) is 4. The molecule has 0 radical (unpaired) electrons. The molecule has 0 fully saturated rings. The van der Waals surface area contributed by atoms with E-state index < -0.39 is 82.9 Å². The van der Waals surface area contributed by atoms with Crippen molar-refractivity contribution >= 4 is 17.7 Å². The largest absolute Gasteiger partial charge is 0.490 e. The highest BCUT2D eigenvalue weighted by molar-refractivity contribution is 5.92. The number of hydrogen-bond acceptors (Lipinski definition) is 8. The highest BCUT2D eigenvalue weighted by atomic mass is 19.4. The van der Waals surface area contributed by atoms with Crippen LogP contribution in [0.15, 0.2) is 42.6 Å². The van der Waals surface area contributed by atoms with Crippen LogP contribution in [0.3, 0.4) is 0 Å². The van der Waals surface area contributed by atoms with E-state index >= 15 is 0 Å². The molecule has 0 saturated heterocycles. The molecule has 19 heteroatoms. The first-order chi connectivity index (χ1) is 24.9. The van der Waals surface area contributed by atoms with E-state index in [1.165, 1.54) is 13.8 Å². The first-order valence-electron chi connectivity index (χ1n) is 16.3. The van der Waals surface area contributed by atoms with E-state index in [1.807, 2.05) is 6.07 Å². The van der Waals surface area contributed by atoms with E-state index in [-0.39, 0.29) is 66.9 Å². The Bertz CT molecular complexity index is 1890. The first kappa shape index (κ1) is 41.6. The van der Waals surface area contributed by atoms with Gasteiger partial charge < -0.3 is 20.3 Å². The molecule has 2 heterocycles. The van der Waals surface area contributed by atoms with Crippen LogP contribution in [0.5, 0.6) is 5.75 Å². The van der Waals surface area contributed by atoms with Crippen molar-refractivity contribution in [2.24, 2.45) is 11.1 Å². The minimum Gasteiger partial charge on any atom is -0.490 e. The van der Waals surface area contributed by atoms with Gasteiger partial charge in [0.25, 0.3) is 0 Å². The zero-order valence-corrected chi connectivity index (χ0v) is 28.9. The van der Waals surface area contributed by atoms with Crippen LogP contribution in [0.1, 0.15) is 91.7 Å². The second-order valence-electron chi connectivity index (χ2n) is 13.3. The molecule has 0 aliphatic carbocycles. The number of carboxylic acid groups (broad SMARTS) is 1. The Morgan fingerprint density at radius 2 is 1.61 bits per heavy atom. The van der Waals surface area contributed by atoms with Crippen molar-refractivity contribution in [3.63, 3.8) is 0 Å². The molecule has 3 N–H and O–H groups in total. The predicted octanol–water partition coefficient (Wildman–Crippen LogP) is 8.46. The molecule has 1 aromatic heterocycles. The second-order valence-corrected chi connectivity index (χ2v) is 13.3. The van der Waals surface area contributed by atoms with Gasteiger partial charge in [-0.1, -0.05) is 6.92 Å². The highest BCUT2D eigenvalue weighted by Gasteiger charge is 2.48. The number of carboxylic acids is 1. The molecule has 3 aromatic rings. The van der Waals surface area contributed by atoms with Gasteiger partial charge in [-0.2, -0.15) is 44.8 Å². The highest BCUT2D eigenvalue weighted by Crippen LogP contribution is 2.48. The third kappa shape index (κ3) is 9.32. The summed E-state index contributed by atoms with van der Waals surface area (Å²) in [5, 5.41) is 18.4. The van der Waals surface area contributed by atoms with Crippen LogP contribution in [0.4, 0.5) is 50.0 Å². The molecule has 0 bridgehead atoms. The van der Waals surface area contributed by atoms with Crippen molar-refractivity contribution in [1.29, 1.82) is 5.26 Å². The molecular weight excluding hydrogens is 741 g/mol. The van der Waals surface area contributed by atoms with Gasteiger partial charge in [0, 0.05) is 18.8 Å². The summed E-state index contributed by atoms with van der Waals surface area (Å²) in [7, 11) is 0. The van der Waals surface area contributed by atoms with Gasteiger partial charge in [0.05, 0.1) is 52.4 Å². The third-order valence-corrected chi connectivity index (χ3v) is 8.77. The summed E-state index contributed by atoms with van der Waals surface area (Å²) in [5.41, 5.74) is -1.92. The zero-order chi connectivity index (χ0) is 40.4. The molecule has 1 aliphatic heterocycles. The summed E-state index contributed by atoms with van der Waals surface area (Å²) in [6.07, 6.45) is -16.2. The molecule has 2 aromatic carbocycles. The van der Waals surface area contributed by atoms with Crippen molar-refractivity contribution in [2.45, 2.75) is 83.0 Å². The number of aliphatic carboxylic acids is 1. The van der Waals surface area contributed by atoms with Gasteiger partial charge in [0.15, 0.2) is 5.75 Å². The lowest BCUT2D eigenvalue weighted by Crippen LogP contribution is -2.62. The lowest BCUT2D eigenvalue weighted by molar-refractivity contribution is -0.149. The van der Waals surface area contributed by atoms with E-state index in [0.717, 1.165) is 23.2 Å². The molecule has 0 spiro atoms. The number of carbonyl (C=O) groups excluding carboxylic acids is 1. The van der Waals surface area contributed by atoms with Crippen molar-refractivity contribution in [3.05, 3.63) is 81.9 Å². The summed E-state index contributed by atoms with van der Waals surface area (Å²) >= 11 is 0. The number of nitriles is 1. The maximum atomic E-state index is 14.0. The summed E-state index contributed by atoms with van der Waals surface area (Å²) in [4.78, 5) is 34.8. The van der Waals surface area contributed by atoms with E-state index in [2.05, 4.69) is 9.97 Å². The molecule has 1 amide bonds. The number of aromatic nitrogens is 2. The average Bonchev–Trinajstić information content (AvgIpc) is 3.07. The van der Waals surface area contributed by atoms with Crippen molar-refractivity contribution in [3.8, 4) is 11.8 Å². The molecule has 10 nitrogen and oxygen atoms in total. The fourth-order valence-electron chi connectivity index (χ4n) is 5.67. The van der Waals surface area contributed by atoms with Crippen LogP contribution in [-0.4, -0.2) is 46.0 Å². The number of rotatable bonds is 11. The average molecular weight is 776 g/mol. The minimum atomic E-state index is -5.16. The molecule has 2 atom stereocenters. The predicted molar refractivity (Wildman–Crippen MR) is 172 cm³/mol. The van der Waals surface area contributed by atoms with Gasteiger partial charge in [-0.05, 0) is 80.6 Å². The minimum absolute atomic E-state index is 0.0413. The number of benzene rings is 2. The Morgan fingerprint density at radius 3 is 2.15 bits per heavy atom. The van der Waals surface area contributed by atoms with Crippen molar-refractivity contribution in [2.75, 3.05) is 18.1 Å². The normalized spacial score (nSPS) is 17.8. The van der Waals surface area contributed by atoms with Gasteiger partial charge in [-0.15, -0.1) is 0 Å². The number of amides is 1. The van der Waals surface area contributed by atoms with E-state index in [9.17, 15) is 54.2 Å². The Balaban J connectivity index is 1.90. The monoisotopic (exact) mass is 775 g/mol. The molecule has 54 heavy (non-hydrogen) atoms. The third-order valence-electron chi connectivity index (χ3n) is 8.77. The number of anilines is 1. The molecule has 4 rings (SSSR count). The smallest absolute Gasteiger partial charge is 0.416 e. The van der Waals surface area contributed by atoms with E-state index in [0.29, 0.717) is 18.2 Å². The molecule has 1 aliphatic rings. The van der Waals surface area contributed by atoms with Crippen LogP contribution in [0.2, 0.25) is 0 Å². The van der Waals surface area contributed by atoms with Crippen molar-refractivity contribution in [1.82, 2.24) is 9.97 Å². The SMILES string of the molecule is CC[C@]1(N)C[C@H](c2ncc(OCCCC#N)c(Cc3cc(C(F)(F)F)cc(C(F)(F)F)c3)n2)c2cc(C(F)(F)F)ccc2N1C(=O)OCC(C)(C)C(=O)O. The lowest BCUT2D eigenvalue weighted by Gasteiger charge is -2.47. The number of alkyl halides is 9. The van der Waals surface area contributed by atoms with E-state index in [4.69, 9.17) is 20.5 Å². The molecule has 292 valence electrons. The number of carbonyl (C=O) groups is 2. The Kier molecular flexibility index (Phi) is 11.8. The number of unbranched alkanes of at least 4 members (excludes halogenated alkanes) is 1. The van der Waals surface area contributed by atoms with Crippen LogP contribution in [-0.2, 0) is 34.5 Å². The first-order valence-corrected chi connectivity index (χ1v) is 16.3. The summed E-state index contributed by atoms with van der Waals surface area (Å²) in [6, 6.07) is 5.24. The summed E-state index contributed by atoms with van der Waals surface area (Å²) < 4.78 is 135. The number of nitrogens with two attached hydrogens (primary N) is 1. The summed E-state index contributed by atoms with van der Waals surface area (Å²) in [5.74, 6) is -2.97. The molecule has 0 saturated carbocycles.